The molecule has 0 aliphatic carbocycles. The van der Waals surface area contributed by atoms with Crippen LogP contribution < -0.4 is 22.1 Å². The smallest absolute Gasteiger partial charge is 0.426 e. The van der Waals surface area contributed by atoms with Gasteiger partial charge in [0.1, 0.15) is 0 Å². The van der Waals surface area contributed by atoms with E-state index in [4.69, 9.17) is 11.5 Å². The number of carbonyl (C=O) groups is 2. The number of amides is 2. The number of hydrogen-bond donors (Lipinski definition) is 6. The lowest BCUT2D eigenvalue weighted by atomic mass is 9.75. The second-order valence-electron chi connectivity index (χ2n) is 7.63. The number of carbonyl (C=O) groups excluding carboxylic acids is 2. The lowest BCUT2D eigenvalue weighted by molar-refractivity contribution is -0.120. The fourth-order valence-electron chi connectivity index (χ4n) is 2.95. The first-order chi connectivity index (χ1) is 14.6. The van der Waals surface area contributed by atoms with Crippen LogP contribution in [0.3, 0.4) is 0 Å². The van der Waals surface area contributed by atoms with Gasteiger partial charge in [0.15, 0.2) is 5.96 Å². The maximum Gasteiger partial charge on any atom is 0.475 e. The molecule has 1 atom stereocenters. The van der Waals surface area contributed by atoms with E-state index in [-0.39, 0.29) is 30.1 Å². The van der Waals surface area contributed by atoms with Gasteiger partial charge in [0.2, 0.25) is 5.91 Å². The maximum absolute atomic E-state index is 12.4. The molecule has 0 spiro atoms. The van der Waals surface area contributed by atoms with Gasteiger partial charge in [0.05, 0.1) is 18.0 Å². The topological polar surface area (TPSA) is 163 Å². The summed E-state index contributed by atoms with van der Waals surface area (Å²) in [5.41, 5.74) is 12.9. The summed E-state index contributed by atoms with van der Waals surface area (Å²) >= 11 is 0. The van der Waals surface area contributed by atoms with Crippen molar-refractivity contribution >= 4 is 36.3 Å². The number of nitrogens with one attached hydrogen (secondary N) is 2. The molecule has 2 rings (SSSR count). The summed E-state index contributed by atoms with van der Waals surface area (Å²) in [5.74, 6) is -1.18. The zero-order valence-corrected chi connectivity index (χ0v) is 17.6. The van der Waals surface area contributed by atoms with Crippen molar-refractivity contribution in [2.75, 3.05) is 5.32 Å². The number of nitrogens with two attached hydrogens (primary N) is 2. The van der Waals surface area contributed by atoms with E-state index in [1.54, 1.807) is 48.5 Å². The van der Waals surface area contributed by atoms with Crippen LogP contribution in [-0.4, -0.2) is 40.9 Å². The van der Waals surface area contributed by atoms with E-state index in [0.29, 0.717) is 23.4 Å². The van der Waals surface area contributed by atoms with Gasteiger partial charge in [-0.15, -0.1) is 0 Å². The molecule has 31 heavy (non-hydrogen) atoms. The Hall–Kier alpha value is -3.37. The number of rotatable bonds is 9. The first kappa shape index (κ1) is 23.9. The van der Waals surface area contributed by atoms with Crippen LogP contribution in [0.1, 0.15) is 36.2 Å². The van der Waals surface area contributed by atoms with Crippen LogP contribution in [0.15, 0.2) is 53.5 Å². The summed E-state index contributed by atoms with van der Waals surface area (Å²) in [6.07, 6.45) is 0.545. The molecule has 0 fully saturated rings. The number of benzene rings is 2. The molecule has 0 radical (unpaired) electrons. The summed E-state index contributed by atoms with van der Waals surface area (Å²) in [5, 5.41) is 24.3. The van der Waals surface area contributed by atoms with Crippen molar-refractivity contribution in [1.29, 1.82) is 0 Å². The van der Waals surface area contributed by atoms with Crippen molar-refractivity contribution in [3.63, 3.8) is 0 Å². The van der Waals surface area contributed by atoms with E-state index in [2.05, 4.69) is 15.6 Å². The molecule has 0 unspecified atom stereocenters. The Bertz CT molecular complexity index is 910. The molecule has 10 heteroatoms. The van der Waals surface area contributed by atoms with Crippen molar-refractivity contribution in [1.82, 2.24) is 5.32 Å². The second kappa shape index (κ2) is 11.1. The number of hydrogen-bond acceptors (Lipinski definition) is 5. The summed E-state index contributed by atoms with van der Waals surface area (Å²) < 4.78 is 0. The third-order valence-electron chi connectivity index (χ3n) is 4.40. The molecule has 0 heterocycles. The quantitative estimate of drug-likeness (QED) is 0.199. The van der Waals surface area contributed by atoms with Crippen LogP contribution >= 0.6 is 0 Å². The molecule has 0 saturated carbocycles. The molecule has 9 nitrogen and oxygen atoms in total. The first-order valence-electron chi connectivity index (χ1n) is 9.89. The zero-order valence-electron chi connectivity index (χ0n) is 17.6. The Morgan fingerprint density at radius 1 is 1.03 bits per heavy atom. The molecular weight excluding hydrogens is 397 g/mol. The van der Waals surface area contributed by atoms with E-state index in [1.165, 1.54) is 0 Å². The van der Waals surface area contributed by atoms with Crippen molar-refractivity contribution in [3.8, 4) is 0 Å². The molecule has 2 aromatic carbocycles. The highest BCUT2D eigenvalue weighted by atomic mass is 16.4. The van der Waals surface area contributed by atoms with Gasteiger partial charge < -0.3 is 32.1 Å². The molecule has 0 aliphatic heterocycles. The normalized spacial score (nSPS) is 11.5. The predicted molar refractivity (Wildman–Crippen MR) is 122 cm³/mol. The van der Waals surface area contributed by atoms with Crippen LogP contribution in [0.4, 0.5) is 11.4 Å². The Labute approximate surface area is 181 Å². The maximum atomic E-state index is 12.4. The number of aliphatic imine (C=N–C) groups is 1. The first-order valence-corrected chi connectivity index (χ1v) is 9.89. The van der Waals surface area contributed by atoms with E-state index < -0.39 is 13.1 Å². The molecule has 8 N–H and O–H groups in total. The Morgan fingerprint density at radius 3 is 2.16 bits per heavy atom. The minimum absolute atomic E-state index is 0.0612. The molecule has 0 aromatic heterocycles. The van der Waals surface area contributed by atoms with Gasteiger partial charge in [-0.3, -0.25) is 9.59 Å². The van der Waals surface area contributed by atoms with Crippen molar-refractivity contribution in [2.24, 2.45) is 22.4 Å². The molecule has 2 aromatic rings. The highest BCUT2D eigenvalue weighted by Crippen LogP contribution is 2.16. The SMILES string of the molecule is CC(C)C[C@H](NC(=O)Cc1ccc(NC(=O)c2ccc(N=C(N)N)cc2)cc1)B(O)O. The standard InChI is InChI=1S/C21H28BN5O4/c1-13(2)11-18(22(30)31)27-19(28)12-14-3-7-16(8-4-14)25-20(29)15-5-9-17(10-6-15)26-21(23)24/h3-10,13,18,30-31H,11-12H2,1-2H3,(H,25,29)(H,27,28)(H4,23,24,26)/t18-/m0/s1. The molecule has 0 bridgehead atoms. The van der Waals surface area contributed by atoms with Crippen LogP contribution in [0.2, 0.25) is 0 Å². The van der Waals surface area contributed by atoms with Gasteiger partial charge in [-0.1, -0.05) is 26.0 Å². The summed E-state index contributed by atoms with van der Waals surface area (Å²) in [6.45, 7) is 3.87. The van der Waals surface area contributed by atoms with Crippen molar-refractivity contribution in [3.05, 3.63) is 59.7 Å². The largest absolute Gasteiger partial charge is 0.475 e. The lowest BCUT2D eigenvalue weighted by Crippen LogP contribution is -2.47. The molecule has 0 aliphatic rings. The highest BCUT2D eigenvalue weighted by Gasteiger charge is 2.25. The highest BCUT2D eigenvalue weighted by molar-refractivity contribution is 6.43. The predicted octanol–water partition coefficient (Wildman–Crippen LogP) is 0.929. The van der Waals surface area contributed by atoms with Crippen molar-refractivity contribution < 1.29 is 19.6 Å². The van der Waals surface area contributed by atoms with E-state index in [9.17, 15) is 19.6 Å². The lowest BCUT2D eigenvalue weighted by Gasteiger charge is -2.19. The number of nitrogens with zero attached hydrogens (tertiary/aromatic N) is 1. The average Bonchev–Trinajstić information content (AvgIpc) is 2.68. The summed E-state index contributed by atoms with van der Waals surface area (Å²) in [7, 11) is -1.61. The van der Waals surface area contributed by atoms with Gasteiger partial charge in [0.25, 0.3) is 5.91 Å². The fourth-order valence-corrected chi connectivity index (χ4v) is 2.95. The molecule has 164 valence electrons. The van der Waals surface area contributed by atoms with Crippen LogP contribution in [0, 0.1) is 5.92 Å². The van der Waals surface area contributed by atoms with Gasteiger partial charge in [0, 0.05) is 11.3 Å². The van der Waals surface area contributed by atoms with Crippen LogP contribution in [0.5, 0.6) is 0 Å². The Balaban J connectivity index is 1.93. The Morgan fingerprint density at radius 2 is 1.65 bits per heavy atom. The minimum Gasteiger partial charge on any atom is -0.426 e. The van der Waals surface area contributed by atoms with Crippen molar-refractivity contribution in [2.45, 2.75) is 32.6 Å². The number of anilines is 1. The third kappa shape index (κ3) is 8.11. The molecule has 0 saturated heterocycles. The average molecular weight is 425 g/mol. The van der Waals surface area contributed by atoms with Gasteiger partial charge in [-0.05, 0) is 54.3 Å². The van der Waals surface area contributed by atoms with Crippen LogP contribution in [-0.2, 0) is 11.2 Å². The Kier molecular flexibility index (Phi) is 8.59. The zero-order chi connectivity index (χ0) is 23.0. The molecule has 2 amide bonds. The van der Waals surface area contributed by atoms with Gasteiger partial charge in [-0.25, -0.2) is 4.99 Å². The van der Waals surface area contributed by atoms with E-state index in [0.717, 1.165) is 5.56 Å². The van der Waals surface area contributed by atoms with Gasteiger partial charge in [-0.2, -0.15) is 0 Å². The van der Waals surface area contributed by atoms with Crippen LogP contribution in [0.25, 0.3) is 0 Å². The molecular formula is C21H28BN5O4. The second-order valence-corrected chi connectivity index (χ2v) is 7.63. The summed E-state index contributed by atoms with van der Waals surface area (Å²) in [4.78, 5) is 28.5. The summed E-state index contributed by atoms with van der Waals surface area (Å²) in [6, 6.07) is 13.3. The fraction of sp³-hybridized carbons (Fsp3) is 0.286. The van der Waals surface area contributed by atoms with Gasteiger partial charge >= 0.3 is 7.12 Å². The third-order valence-corrected chi connectivity index (χ3v) is 4.40. The monoisotopic (exact) mass is 425 g/mol. The minimum atomic E-state index is -1.61. The van der Waals surface area contributed by atoms with E-state index in [1.807, 2.05) is 13.8 Å². The van der Waals surface area contributed by atoms with E-state index >= 15 is 0 Å². The number of guanidine groups is 1.